The third-order valence-electron chi connectivity index (χ3n) is 3.74. The summed E-state index contributed by atoms with van der Waals surface area (Å²) in [6.45, 7) is 3.95. The topological polar surface area (TPSA) is 59.0 Å². The summed E-state index contributed by atoms with van der Waals surface area (Å²) in [7, 11) is 2.04. The zero-order valence-corrected chi connectivity index (χ0v) is 13.4. The van der Waals surface area contributed by atoms with Crippen molar-refractivity contribution in [3.05, 3.63) is 54.1 Å². The van der Waals surface area contributed by atoms with Crippen molar-refractivity contribution in [2.75, 3.05) is 0 Å². The molecular weight excluding hydrogens is 276 g/mol. The summed E-state index contributed by atoms with van der Waals surface area (Å²) >= 11 is 0. The number of aromatic nitrogens is 2. The molecule has 0 aromatic carbocycles. The fraction of sp³-hybridized carbons (Fsp3) is 0.412. The van der Waals surface area contributed by atoms with Crippen LogP contribution in [-0.2, 0) is 13.5 Å². The Kier molecular flexibility index (Phi) is 5.58. The third-order valence-corrected chi connectivity index (χ3v) is 3.74. The van der Waals surface area contributed by atoms with Crippen molar-refractivity contribution in [1.82, 2.24) is 20.2 Å². The maximum atomic E-state index is 12.0. The lowest BCUT2D eigenvalue weighted by Crippen LogP contribution is -2.42. The molecule has 0 saturated heterocycles. The van der Waals surface area contributed by atoms with Crippen molar-refractivity contribution in [3.63, 3.8) is 0 Å². The molecule has 0 aliphatic rings. The summed E-state index contributed by atoms with van der Waals surface area (Å²) in [4.78, 5) is 16.3. The maximum Gasteiger partial charge on any atom is 0.315 e. The summed E-state index contributed by atoms with van der Waals surface area (Å²) in [6, 6.07) is 9.68. The zero-order chi connectivity index (χ0) is 15.9. The van der Waals surface area contributed by atoms with E-state index in [9.17, 15) is 4.79 Å². The molecule has 2 atom stereocenters. The van der Waals surface area contributed by atoms with Crippen LogP contribution in [-0.4, -0.2) is 21.6 Å². The molecular formula is C17H24N4O. The van der Waals surface area contributed by atoms with Gasteiger partial charge in [0.15, 0.2) is 0 Å². The van der Waals surface area contributed by atoms with Crippen LogP contribution in [0.15, 0.2) is 42.7 Å². The zero-order valence-electron chi connectivity index (χ0n) is 13.4. The Hall–Kier alpha value is -2.30. The highest BCUT2D eigenvalue weighted by Gasteiger charge is 2.12. The number of carbonyl (C=O) groups is 1. The van der Waals surface area contributed by atoms with Crippen molar-refractivity contribution in [2.45, 2.75) is 38.8 Å². The molecule has 2 rings (SSSR count). The Labute approximate surface area is 131 Å². The van der Waals surface area contributed by atoms with Gasteiger partial charge in [0, 0.05) is 31.2 Å². The molecule has 0 unspecified atom stereocenters. The maximum absolute atomic E-state index is 12.0. The van der Waals surface area contributed by atoms with Gasteiger partial charge >= 0.3 is 6.03 Å². The standard InChI is InChI=1S/C17H24N4O/c1-13(9-10-15-7-6-12-21(15)3)19-17(22)20-14(2)16-8-4-5-11-18-16/h4-8,11-14H,9-10H2,1-3H3,(H2,19,20,22)/t13-,14-/m0/s1. The first-order valence-corrected chi connectivity index (χ1v) is 7.64. The van der Waals surface area contributed by atoms with E-state index in [1.165, 1.54) is 5.69 Å². The van der Waals surface area contributed by atoms with Crippen LogP contribution in [0.2, 0.25) is 0 Å². The van der Waals surface area contributed by atoms with Crippen LogP contribution in [0.3, 0.4) is 0 Å². The number of nitrogens with zero attached hydrogens (tertiary/aromatic N) is 2. The lowest BCUT2D eigenvalue weighted by Gasteiger charge is -2.18. The Bertz CT molecular complexity index is 594. The molecule has 0 aliphatic carbocycles. The van der Waals surface area contributed by atoms with Crippen LogP contribution in [0, 0.1) is 0 Å². The minimum absolute atomic E-state index is 0.110. The molecule has 0 aliphatic heterocycles. The van der Waals surface area contributed by atoms with E-state index < -0.39 is 0 Å². The highest BCUT2D eigenvalue weighted by atomic mass is 16.2. The molecule has 5 heteroatoms. The van der Waals surface area contributed by atoms with Crippen LogP contribution in [0.25, 0.3) is 0 Å². The minimum atomic E-state index is -0.155. The Morgan fingerprint density at radius 3 is 2.68 bits per heavy atom. The number of nitrogens with one attached hydrogen (secondary N) is 2. The minimum Gasteiger partial charge on any atom is -0.354 e. The first kappa shape index (κ1) is 16.1. The average molecular weight is 300 g/mol. The molecule has 0 radical (unpaired) electrons. The molecule has 2 N–H and O–H groups in total. The average Bonchev–Trinajstić information content (AvgIpc) is 2.91. The predicted molar refractivity (Wildman–Crippen MR) is 87.5 cm³/mol. The molecule has 0 fully saturated rings. The molecule has 2 aromatic heterocycles. The van der Waals surface area contributed by atoms with Gasteiger partial charge in [-0.3, -0.25) is 4.98 Å². The highest BCUT2D eigenvalue weighted by Crippen LogP contribution is 2.08. The van der Waals surface area contributed by atoms with Gasteiger partial charge in [-0.25, -0.2) is 4.79 Å². The smallest absolute Gasteiger partial charge is 0.315 e. The van der Waals surface area contributed by atoms with Gasteiger partial charge in [-0.15, -0.1) is 0 Å². The van der Waals surface area contributed by atoms with E-state index in [2.05, 4.69) is 26.3 Å². The van der Waals surface area contributed by atoms with Gasteiger partial charge in [0.1, 0.15) is 0 Å². The van der Waals surface area contributed by atoms with E-state index in [-0.39, 0.29) is 18.1 Å². The summed E-state index contributed by atoms with van der Waals surface area (Å²) in [5.74, 6) is 0. The van der Waals surface area contributed by atoms with Gasteiger partial charge in [-0.2, -0.15) is 0 Å². The molecule has 0 bridgehead atoms. The van der Waals surface area contributed by atoms with E-state index in [1.54, 1.807) is 6.20 Å². The number of hydrogen-bond donors (Lipinski definition) is 2. The molecule has 0 saturated carbocycles. The van der Waals surface area contributed by atoms with Crippen LogP contribution in [0.5, 0.6) is 0 Å². The number of rotatable bonds is 6. The van der Waals surface area contributed by atoms with Gasteiger partial charge < -0.3 is 15.2 Å². The fourth-order valence-corrected chi connectivity index (χ4v) is 2.36. The highest BCUT2D eigenvalue weighted by molar-refractivity contribution is 5.74. The molecule has 2 amide bonds. The van der Waals surface area contributed by atoms with Crippen LogP contribution in [0.1, 0.15) is 37.7 Å². The molecule has 2 heterocycles. The van der Waals surface area contributed by atoms with E-state index in [0.29, 0.717) is 0 Å². The van der Waals surface area contributed by atoms with Crippen LogP contribution in [0.4, 0.5) is 4.79 Å². The predicted octanol–water partition coefficient (Wildman–Crippen LogP) is 2.80. The molecule has 0 spiro atoms. The van der Waals surface area contributed by atoms with E-state index in [1.807, 2.05) is 51.4 Å². The van der Waals surface area contributed by atoms with Gasteiger partial charge in [0.25, 0.3) is 0 Å². The van der Waals surface area contributed by atoms with Crippen LogP contribution < -0.4 is 10.6 Å². The van der Waals surface area contributed by atoms with Crippen LogP contribution >= 0.6 is 0 Å². The molecule has 2 aromatic rings. The third kappa shape index (κ3) is 4.62. The summed E-state index contributed by atoms with van der Waals surface area (Å²) < 4.78 is 2.11. The molecule has 22 heavy (non-hydrogen) atoms. The van der Waals surface area contributed by atoms with E-state index >= 15 is 0 Å². The Balaban J connectivity index is 1.75. The van der Waals surface area contributed by atoms with Crippen molar-refractivity contribution >= 4 is 6.03 Å². The number of aryl methyl sites for hydroxylation is 2. The monoisotopic (exact) mass is 300 g/mol. The largest absolute Gasteiger partial charge is 0.354 e. The van der Waals surface area contributed by atoms with Crippen molar-refractivity contribution in [1.29, 1.82) is 0 Å². The summed E-state index contributed by atoms with van der Waals surface area (Å²) in [5.41, 5.74) is 2.13. The summed E-state index contributed by atoms with van der Waals surface area (Å²) in [5, 5.41) is 5.89. The van der Waals surface area contributed by atoms with Crippen molar-refractivity contribution in [3.8, 4) is 0 Å². The number of pyridine rings is 1. The van der Waals surface area contributed by atoms with Crippen molar-refractivity contribution in [2.24, 2.45) is 7.05 Å². The Morgan fingerprint density at radius 1 is 1.23 bits per heavy atom. The van der Waals surface area contributed by atoms with Gasteiger partial charge in [-0.1, -0.05) is 6.07 Å². The number of carbonyl (C=O) groups excluding carboxylic acids is 1. The SMILES string of the molecule is C[C@H](NC(=O)N[C@@H](C)CCc1cccn1C)c1ccccn1. The number of urea groups is 1. The van der Waals surface area contributed by atoms with Gasteiger partial charge in [-0.05, 0) is 51.0 Å². The Morgan fingerprint density at radius 2 is 2.05 bits per heavy atom. The quantitative estimate of drug-likeness (QED) is 0.862. The fourth-order valence-electron chi connectivity index (χ4n) is 2.36. The van der Waals surface area contributed by atoms with E-state index in [4.69, 9.17) is 0 Å². The normalized spacial score (nSPS) is 13.4. The molecule has 5 nitrogen and oxygen atoms in total. The van der Waals surface area contributed by atoms with Crippen molar-refractivity contribution < 1.29 is 4.79 Å². The first-order chi connectivity index (χ1) is 10.6. The first-order valence-electron chi connectivity index (χ1n) is 7.64. The second-order valence-electron chi connectivity index (χ2n) is 5.64. The second-order valence-corrected chi connectivity index (χ2v) is 5.64. The number of hydrogen-bond acceptors (Lipinski definition) is 2. The number of amides is 2. The lowest BCUT2D eigenvalue weighted by atomic mass is 10.1. The van der Waals surface area contributed by atoms with E-state index in [0.717, 1.165) is 18.5 Å². The second kappa shape index (κ2) is 7.64. The summed E-state index contributed by atoms with van der Waals surface area (Å²) in [6.07, 6.45) is 5.62. The van der Waals surface area contributed by atoms with Gasteiger partial charge in [0.05, 0.1) is 11.7 Å². The molecule has 118 valence electrons. The van der Waals surface area contributed by atoms with Gasteiger partial charge in [0.2, 0.25) is 0 Å². The lowest BCUT2D eigenvalue weighted by molar-refractivity contribution is 0.234.